The van der Waals surface area contributed by atoms with E-state index in [0.717, 1.165) is 44.3 Å². The lowest BCUT2D eigenvalue weighted by atomic mass is 9.96. The van der Waals surface area contributed by atoms with Crippen LogP contribution < -0.4 is 5.32 Å². The molecule has 1 aromatic carbocycles. The van der Waals surface area contributed by atoms with Gasteiger partial charge in [0.1, 0.15) is 6.61 Å². The van der Waals surface area contributed by atoms with E-state index in [0.29, 0.717) is 25.9 Å². The predicted octanol–water partition coefficient (Wildman–Crippen LogP) is 3.61. The van der Waals surface area contributed by atoms with E-state index in [2.05, 4.69) is 14.9 Å². The number of ether oxygens (including phenoxy) is 1. The summed E-state index contributed by atoms with van der Waals surface area (Å²) in [5.74, 6) is 0.107. The van der Waals surface area contributed by atoms with Crippen LogP contribution in [0.1, 0.15) is 44.1 Å². The molecule has 0 bridgehead atoms. The number of likely N-dealkylation sites (tertiary alicyclic amines) is 1. The standard InChI is InChI=1S/C23H32N4O3/c28-22(25-12-6-1-2-7-14-26-17-13-24-19-26)21-10-15-27(16-11-21)23(29)30-18-20-8-4-3-5-9-20/h3-5,8-9,13,17,19,21H,1-2,6-7,10-12,14-16,18H2,(H,25,28). The molecule has 1 N–H and O–H groups in total. The van der Waals surface area contributed by atoms with Crippen molar-refractivity contribution in [2.45, 2.75) is 51.7 Å². The first-order valence-electron chi connectivity index (χ1n) is 10.9. The fraction of sp³-hybridized carbons (Fsp3) is 0.522. The van der Waals surface area contributed by atoms with E-state index in [1.165, 1.54) is 0 Å². The van der Waals surface area contributed by atoms with E-state index in [-0.39, 0.29) is 24.5 Å². The number of rotatable bonds is 10. The molecule has 1 aliphatic heterocycles. The van der Waals surface area contributed by atoms with Gasteiger partial charge in [-0.3, -0.25) is 4.79 Å². The van der Waals surface area contributed by atoms with Gasteiger partial charge in [0.05, 0.1) is 6.33 Å². The molecule has 1 aromatic heterocycles. The van der Waals surface area contributed by atoms with Crippen LogP contribution in [-0.2, 0) is 22.7 Å². The first kappa shape index (κ1) is 21.9. The van der Waals surface area contributed by atoms with E-state index >= 15 is 0 Å². The molecule has 30 heavy (non-hydrogen) atoms. The molecule has 0 spiro atoms. The molecule has 0 saturated carbocycles. The molecule has 0 unspecified atom stereocenters. The van der Waals surface area contributed by atoms with Gasteiger partial charge < -0.3 is 19.5 Å². The minimum atomic E-state index is -0.298. The third-order valence-corrected chi connectivity index (χ3v) is 5.53. The molecule has 0 aliphatic carbocycles. The normalized spacial score (nSPS) is 14.5. The lowest BCUT2D eigenvalue weighted by Crippen LogP contribution is -2.43. The SMILES string of the molecule is O=C(NCCCCCCn1ccnc1)C1CCN(C(=O)OCc2ccccc2)CC1. The van der Waals surface area contributed by atoms with Crippen molar-refractivity contribution in [2.24, 2.45) is 5.92 Å². The Morgan fingerprint density at radius 1 is 1.07 bits per heavy atom. The van der Waals surface area contributed by atoms with Crippen LogP contribution in [-0.4, -0.2) is 46.1 Å². The molecule has 2 amide bonds. The highest BCUT2D eigenvalue weighted by Gasteiger charge is 2.27. The zero-order valence-electron chi connectivity index (χ0n) is 17.5. The summed E-state index contributed by atoms with van der Waals surface area (Å²) in [6.45, 7) is 3.14. The minimum Gasteiger partial charge on any atom is -0.445 e. The topological polar surface area (TPSA) is 76.5 Å². The number of aryl methyl sites for hydroxylation is 1. The number of nitrogens with one attached hydrogen (secondary N) is 1. The fourth-order valence-corrected chi connectivity index (χ4v) is 3.68. The van der Waals surface area contributed by atoms with Gasteiger partial charge in [0, 0.05) is 44.5 Å². The number of hydrogen-bond donors (Lipinski definition) is 1. The van der Waals surface area contributed by atoms with Crippen molar-refractivity contribution in [1.29, 1.82) is 0 Å². The van der Waals surface area contributed by atoms with Crippen molar-refractivity contribution >= 4 is 12.0 Å². The highest BCUT2D eigenvalue weighted by atomic mass is 16.6. The maximum Gasteiger partial charge on any atom is 0.410 e. The highest BCUT2D eigenvalue weighted by molar-refractivity contribution is 5.79. The molecule has 0 atom stereocenters. The summed E-state index contributed by atoms with van der Waals surface area (Å²) in [4.78, 5) is 30.3. The Balaban J connectivity index is 1.22. The number of hydrogen-bond acceptors (Lipinski definition) is 4. The van der Waals surface area contributed by atoms with E-state index < -0.39 is 0 Å². The maximum absolute atomic E-state index is 12.4. The van der Waals surface area contributed by atoms with Gasteiger partial charge in [-0.25, -0.2) is 9.78 Å². The average molecular weight is 413 g/mol. The van der Waals surface area contributed by atoms with Gasteiger partial charge in [-0.2, -0.15) is 0 Å². The molecule has 0 radical (unpaired) electrons. The molecular weight excluding hydrogens is 380 g/mol. The molecule has 7 nitrogen and oxygen atoms in total. The molecule has 1 fully saturated rings. The Morgan fingerprint density at radius 2 is 1.83 bits per heavy atom. The highest BCUT2D eigenvalue weighted by Crippen LogP contribution is 2.18. The Bertz CT molecular complexity index is 756. The van der Waals surface area contributed by atoms with Crippen LogP contribution in [0.2, 0.25) is 0 Å². The zero-order chi connectivity index (χ0) is 21.0. The molecule has 7 heteroatoms. The predicted molar refractivity (Wildman–Crippen MR) is 115 cm³/mol. The van der Waals surface area contributed by atoms with E-state index in [9.17, 15) is 9.59 Å². The molecule has 2 aromatic rings. The average Bonchev–Trinajstić information content (AvgIpc) is 3.31. The monoisotopic (exact) mass is 412 g/mol. The van der Waals surface area contributed by atoms with Crippen LogP contribution in [0.5, 0.6) is 0 Å². The van der Waals surface area contributed by atoms with Crippen molar-refractivity contribution in [1.82, 2.24) is 19.8 Å². The minimum absolute atomic E-state index is 0.00980. The van der Waals surface area contributed by atoms with Crippen molar-refractivity contribution in [2.75, 3.05) is 19.6 Å². The molecular formula is C23H32N4O3. The summed E-state index contributed by atoms with van der Waals surface area (Å²) in [7, 11) is 0. The molecule has 1 saturated heterocycles. The molecule has 162 valence electrons. The number of imidazole rings is 1. The number of aromatic nitrogens is 2. The maximum atomic E-state index is 12.4. The largest absolute Gasteiger partial charge is 0.445 e. The molecule has 2 heterocycles. The summed E-state index contributed by atoms with van der Waals surface area (Å²) in [5.41, 5.74) is 0.974. The van der Waals surface area contributed by atoms with Crippen LogP contribution in [0.4, 0.5) is 4.79 Å². The van der Waals surface area contributed by atoms with Crippen molar-refractivity contribution in [3.8, 4) is 0 Å². The number of piperidine rings is 1. The second kappa shape index (κ2) is 12.0. The van der Waals surface area contributed by atoms with E-state index in [4.69, 9.17) is 4.74 Å². The molecule has 1 aliphatic rings. The fourth-order valence-electron chi connectivity index (χ4n) is 3.68. The van der Waals surface area contributed by atoms with Gasteiger partial charge in [0.15, 0.2) is 0 Å². The first-order valence-corrected chi connectivity index (χ1v) is 10.9. The second-order valence-electron chi connectivity index (χ2n) is 7.81. The van der Waals surface area contributed by atoms with Gasteiger partial charge in [0.25, 0.3) is 0 Å². The first-order chi connectivity index (χ1) is 14.7. The van der Waals surface area contributed by atoms with Gasteiger partial charge in [-0.15, -0.1) is 0 Å². The number of carbonyl (C=O) groups is 2. The Labute approximate surface area is 178 Å². The third-order valence-electron chi connectivity index (χ3n) is 5.53. The second-order valence-corrected chi connectivity index (χ2v) is 7.81. The lowest BCUT2D eigenvalue weighted by Gasteiger charge is -2.30. The summed E-state index contributed by atoms with van der Waals surface area (Å²) in [5, 5.41) is 3.06. The van der Waals surface area contributed by atoms with Crippen LogP contribution in [0, 0.1) is 5.92 Å². The lowest BCUT2D eigenvalue weighted by molar-refractivity contribution is -0.126. The zero-order valence-corrected chi connectivity index (χ0v) is 17.5. The van der Waals surface area contributed by atoms with E-state index in [1.54, 1.807) is 11.1 Å². The summed E-state index contributed by atoms with van der Waals surface area (Å²) >= 11 is 0. The number of benzene rings is 1. The third kappa shape index (κ3) is 7.21. The van der Waals surface area contributed by atoms with Crippen LogP contribution in [0.3, 0.4) is 0 Å². The number of carbonyl (C=O) groups excluding carboxylic acids is 2. The molecule has 3 rings (SSSR count). The quantitative estimate of drug-likeness (QED) is 0.605. The number of amides is 2. The van der Waals surface area contributed by atoms with Gasteiger partial charge in [-0.05, 0) is 31.2 Å². The van der Waals surface area contributed by atoms with Crippen molar-refractivity contribution in [3.05, 3.63) is 54.6 Å². The summed E-state index contributed by atoms with van der Waals surface area (Å²) in [6.07, 6.45) is 11.1. The van der Waals surface area contributed by atoms with Crippen molar-refractivity contribution in [3.63, 3.8) is 0 Å². The van der Waals surface area contributed by atoms with Crippen LogP contribution in [0.15, 0.2) is 49.1 Å². The van der Waals surface area contributed by atoms with Crippen molar-refractivity contribution < 1.29 is 14.3 Å². The van der Waals surface area contributed by atoms with Gasteiger partial charge in [-0.1, -0.05) is 43.2 Å². The van der Waals surface area contributed by atoms with E-state index in [1.807, 2.05) is 42.9 Å². The van der Waals surface area contributed by atoms with Gasteiger partial charge >= 0.3 is 6.09 Å². The Kier molecular flexibility index (Phi) is 8.75. The number of unbranched alkanes of at least 4 members (excludes halogenated alkanes) is 3. The Hall–Kier alpha value is -2.83. The summed E-state index contributed by atoms with van der Waals surface area (Å²) in [6, 6.07) is 9.65. The van der Waals surface area contributed by atoms with Crippen LogP contribution in [0.25, 0.3) is 0 Å². The smallest absolute Gasteiger partial charge is 0.410 e. The number of nitrogens with zero attached hydrogens (tertiary/aromatic N) is 3. The van der Waals surface area contributed by atoms with Crippen LogP contribution >= 0.6 is 0 Å². The summed E-state index contributed by atoms with van der Waals surface area (Å²) < 4.78 is 7.47. The van der Waals surface area contributed by atoms with Gasteiger partial charge in [0.2, 0.25) is 5.91 Å². The Morgan fingerprint density at radius 3 is 2.57 bits per heavy atom.